The standard InChI is InChI=1S/C16H19NO2S2/c1-12-15(20-11-17-12)9-10-21(18,19)16-8-4-6-13-5-2-3-7-14(13)16/h2-3,5,7,11,16H,4,6,8-10H2,1H3/t16-/m0/s1. The molecule has 0 spiro atoms. The summed E-state index contributed by atoms with van der Waals surface area (Å²) in [6.45, 7) is 1.94. The Hall–Kier alpha value is -1.20. The molecule has 0 amide bonds. The van der Waals surface area contributed by atoms with E-state index in [-0.39, 0.29) is 11.0 Å². The number of fused-ring (bicyclic) bond motifs is 1. The predicted octanol–water partition coefficient (Wildman–Crippen LogP) is 3.49. The van der Waals surface area contributed by atoms with Crippen LogP contribution in [0.25, 0.3) is 0 Å². The zero-order chi connectivity index (χ0) is 14.9. The van der Waals surface area contributed by atoms with E-state index in [1.807, 2.05) is 25.1 Å². The largest absolute Gasteiger partial charge is 0.250 e. The summed E-state index contributed by atoms with van der Waals surface area (Å²) in [5.41, 5.74) is 4.96. The molecule has 1 aliphatic carbocycles. The van der Waals surface area contributed by atoms with Crippen molar-refractivity contribution in [2.45, 2.75) is 37.9 Å². The lowest BCUT2D eigenvalue weighted by molar-refractivity contribution is 0.560. The minimum absolute atomic E-state index is 0.217. The van der Waals surface area contributed by atoms with Crippen molar-refractivity contribution in [1.82, 2.24) is 4.98 Å². The van der Waals surface area contributed by atoms with Gasteiger partial charge in [0, 0.05) is 4.88 Å². The molecule has 0 saturated heterocycles. The first-order valence-corrected chi connectivity index (χ1v) is 9.86. The molecule has 0 bridgehead atoms. The van der Waals surface area contributed by atoms with E-state index in [1.54, 1.807) is 16.8 Å². The van der Waals surface area contributed by atoms with E-state index in [0.29, 0.717) is 6.42 Å². The van der Waals surface area contributed by atoms with E-state index in [0.717, 1.165) is 35.4 Å². The van der Waals surface area contributed by atoms with Crippen molar-refractivity contribution in [1.29, 1.82) is 0 Å². The number of thiazole rings is 1. The summed E-state index contributed by atoms with van der Waals surface area (Å²) >= 11 is 1.55. The molecule has 3 nitrogen and oxygen atoms in total. The third-order valence-corrected chi connectivity index (χ3v) is 7.33. The van der Waals surface area contributed by atoms with Crippen molar-refractivity contribution in [2.24, 2.45) is 0 Å². The molecule has 0 unspecified atom stereocenters. The Bertz CT molecular complexity index is 734. The van der Waals surface area contributed by atoms with Gasteiger partial charge in [0.2, 0.25) is 0 Å². The maximum absolute atomic E-state index is 12.7. The molecular weight excluding hydrogens is 302 g/mol. The molecule has 0 fully saturated rings. The van der Waals surface area contributed by atoms with E-state index in [1.165, 1.54) is 5.56 Å². The molecule has 1 heterocycles. The first kappa shape index (κ1) is 14.7. The van der Waals surface area contributed by atoms with Crippen molar-refractivity contribution < 1.29 is 8.42 Å². The van der Waals surface area contributed by atoms with Crippen LogP contribution in [0.3, 0.4) is 0 Å². The van der Waals surface area contributed by atoms with Gasteiger partial charge in [0.15, 0.2) is 9.84 Å². The predicted molar refractivity (Wildman–Crippen MR) is 86.5 cm³/mol. The molecular formula is C16H19NO2S2. The van der Waals surface area contributed by atoms with Gasteiger partial charge in [0.05, 0.1) is 22.2 Å². The molecule has 112 valence electrons. The molecule has 1 aromatic carbocycles. The van der Waals surface area contributed by atoms with Gasteiger partial charge in [-0.25, -0.2) is 13.4 Å². The highest BCUT2D eigenvalue weighted by atomic mass is 32.2. The number of aromatic nitrogens is 1. The Kier molecular flexibility index (Phi) is 4.13. The first-order chi connectivity index (χ1) is 10.1. The summed E-state index contributed by atoms with van der Waals surface area (Å²) in [4.78, 5) is 5.28. The summed E-state index contributed by atoms with van der Waals surface area (Å²) in [7, 11) is -3.11. The van der Waals surface area contributed by atoms with E-state index in [2.05, 4.69) is 11.1 Å². The van der Waals surface area contributed by atoms with Gasteiger partial charge in [-0.1, -0.05) is 24.3 Å². The maximum Gasteiger partial charge on any atom is 0.157 e. The second kappa shape index (κ2) is 5.89. The van der Waals surface area contributed by atoms with Crippen LogP contribution in [0.2, 0.25) is 0 Å². The zero-order valence-electron chi connectivity index (χ0n) is 12.1. The van der Waals surface area contributed by atoms with Crippen molar-refractivity contribution in [3.63, 3.8) is 0 Å². The lowest BCUT2D eigenvalue weighted by Crippen LogP contribution is -2.22. The van der Waals surface area contributed by atoms with Crippen molar-refractivity contribution >= 4 is 21.2 Å². The number of hydrogen-bond acceptors (Lipinski definition) is 4. The van der Waals surface area contributed by atoms with Gasteiger partial charge in [-0.15, -0.1) is 11.3 Å². The highest BCUT2D eigenvalue weighted by Crippen LogP contribution is 2.36. The smallest absolute Gasteiger partial charge is 0.157 e. The molecule has 3 rings (SSSR count). The van der Waals surface area contributed by atoms with Gasteiger partial charge in [-0.2, -0.15) is 0 Å². The molecule has 1 atom stereocenters. The van der Waals surface area contributed by atoms with Crippen LogP contribution in [0.1, 0.15) is 39.8 Å². The Morgan fingerprint density at radius 2 is 2.14 bits per heavy atom. The summed E-state index contributed by atoms with van der Waals surface area (Å²) in [5.74, 6) is 0.217. The highest BCUT2D eigenvalue weighted by Gasteiger charge is 2.31. The third kappa shape index (κ3) is 3.04. The molecule has 0 saturated carbocycles. The Labute approximate surface area is 130 Å². The van der Waals surface area contributed by atoms with E-state index >= 15 is 0 Å². The second-order valence-corrected chi connectivity index (χ2v) is 8.80. The quantitative estimate of drug-likeness (QED) is 0.866. The van der Waals surface area contributed by atoms with Gasteiger partial charge in [-0.3, -0.25) is 0 Å². The number of sulfone groups is 1. The molecule has 0 N–H and O–H groups in total. The fourth-order valence-electron chi connectivity index (χ4n) is 3.03. The summed E-state index contributed by atoms with van der Waals surface area (Å²) in [6, 6.07) is 7.98. The van der Waals surface area contributed by atoms with Crippen LogP contribution in [0.15, 0.2) is 29.8 Å². The number of benzene rings is 1. The lowest BCUT2D eigenvalue weighted by atomic mass is 9.91. The first-order valence-electron chi connectivity index (χ1n) is 7.26. The Morgan fingerprint density at radius 1 is 1.33 bits per heavy atom. The van der Waals surface area contributed by atoms with Gasteiger partial charge >= 0.3 is 0 Å². The molecule has 1 aliphatic rings. The Morgan fingerprint density at radius 3 is 2.90 bits per heavy atom. The van der Waals surface area contributed by atoms with Gasteiger partial charge in [-0.05, 0) is 43.7 Å². The number of hydrogen-bond donors (Lipinski definition) is 0. The number of aryl methyl sites for hydroxylation is 3. The van der Waals surface area contributed by atoms with Crippen molar-refractivity contribution in [3.8, 4) is 0 Å². The maximum atomic E-state index is 12.7. The SMILES string of the molecule is Cc1ncsc1CCS(=O)(=O)[C@H]1CCCc2ccccc21. The van der Waals surface area contributed by atoms with Crippen LogP contribution >= 0.6 is 11.3 Å². The van der Waals surface area contributed by atoms with E-state index in [9.17, 15) is 8.42 Å². The lowest BCUT2D eigenvalue weighted by Gasteiger charge is -2.25. The Balaban J connectivity index is 1.81. The molecule has 0 radical (unpaired) electrons. The number of nitrogens with zero attached hydrogens (tertiary/aromatic N) is 1. The molecule has 2 aromatic rings. The second-order valence-electron chi connectivity index (χ2n) is 5.56. The summed E-state index contributed by atoms with van der Waals surface area (Å²) in [6.07, 6.45) is 3.29. The normalized spacial score (nSPS) is 18.4. The van der Waals surface area contributed by atoms with Crippen LogP contribution in [-0.4, -0.2) is 19.2 Å². The van der Waals surface area contributed by atoms with Crippen LogP contribution < -0.4 is 0 Å². The van der Waals surface area contributed by atoms with Crippen molar-refractivity contribution in [2.75, 3.05) is 5.75 Å². The van der Waals surface area contributed by atoms with E-state index in [4.69, 9.17) is 0 Å². The van der Waals surface area contributed by atoms with Crippen LogP contribution in [0.5, 0.6) is 0 Å². The van der Waals surface area contributed by atoms with Gasteiger partial charge < -0.3 is 0 Å². The highest BCUT2D eigenvalue weighted by molar-refractivity contribution is 7.91. The summed E-state index contributed by atoms with van der Waals surface area (Å²) < 4.78 is 25.5. The fraction of sp³-hybridized carbons (Fsp3) is 0.438. The van der Waals surface area contributed by atoms with Crippen LogP contribution in [-0.2, 0) is 22.7 Å². The minimum atomic E-state index is -3.11. The fourth-order valence-corrected chi connectivity index (χ4v) is 5.85. The number of rotatable bonds is 4. The summed E-state index contributed by atoms with van der Waals surface area (Å²) in [5, 5.41) is -0.323. The molecule has 21 heavy (non-hydrogen) atoms. The average Bonchev–Trinajstić information content (AvgIpc) is 2.90. The van der Waals surface area contributed by atoms with Crippen LogP contribution in [0.4, 0.5) is 0 Å². The monoisotopic (exact) mass is 321 g/mol. The minimum Gasteiger partial charge on any atom is -0.250 e. The molecule has 1 aromatic heterocycles. The van der Waals surface area contributed by atoms with Crippen LogP contribution in [0, 0.1) is 6.92 Å². The van der Waals surface area contributed by atoms with Gasteiger partial charge in [0.25, 0.3) is 0 Å². The topological polar surface area (TPSA) is 47.0 Å². The molecule has 0 aliphatic heterocycles. The average molecular weight is 321 g/mol. The third-order valence-electron chi connectivity index (χ3n) is 4.21. The van der Waals surface area contributed by atoms with Crippen molar-refractivity contribution in [3.05, 3.63) is 51.5 Å². The zero-order valence-corrected chi connectivity index (χ0v) is 13.7. The molecule has 5 heteroatoms. The van der Waals surface area contributed by atoms with Gasteiger partial charge in [0.1, 0.15) is 0 Å². The van der Waals surface area contributed by atoms with E-state index < -0.39 is 9.84 Å².